The molecule has 1 amide bonds. The van der Waals surface area contributed by atoms with Gasteiger partial charge < -0.3 is 19.1 Å². The number of benzene rings is 2. The third kappa shape index (κ3) is 6.17. The lowest BCUT2D eigenvalue weighted by Crippen LogP contribution is -2.31. The Morgan fingerprint density at radius 2 is 1.79 bits per heavy atom. The van der Waals surface area contributed by atoms with E-state index in [2.05, 4.69) is 4.74 Å². The normalized spacial score (nSPS) is 10.6. The van der Waals surface area contributed by atoms with Crippen molar-refractivity contribution in [2.24, 2.45) is 0 Å². The lowest BCUT2D eigenvalue weighted by Gasteiger charge is -2.19. The van der Waals surface area contributed by atoms with Gasteiger partial charge in [-0.2, -0.15) is 8.78 Å². The molecule has 0 aliphatic rings. The van der Waals surface area contributed by atoms with E-state index in [1.165, 1.54) is 30.2 Å². The van der Waals surface area contributed by atoms with E-state index in [0.717, 1.165) is 16.7 Å². The monoisotopic (exact) mass is 407 g/mol. The van der Waals surface area contributed by atoms with E-state index in [-0.39, 0.29) is 23.0 Å². The van der Waals surface area contributed by atoms with Crippen LogP contribution in [-0.2, 0) is 16.1 Å². The molecule has 0 atom stereocenters. The second-order valence-electron chi connectivity index (χ2n) is 6.50. The van der Waals surface area contributed by atoms with Crippen molar-refractivity contribution in [3.05, 3.63) is 58.7 Å². The highest BCUT2D eigenvalue weighted by Gasteiger charge is 2.17. The fourth-order valence-electron chi connectivity index (χ4n) is 2.68. The van der Waals surface area contributed by atoms with Gasteiger partial charge in [-0.15, -0.1) is 0 Å². The first-order valence-electron chi connectivity index (χ1n) is 8.81. The highest BCUT2D eigenvalue weighted by molar-refractivity contribution is 5.92. The molecule has 2 rings (SSSR count). The molecule has 0 N–H and O–H groups in total. The first kappa shape index (κ1) is 22.1. The van der Waals surface area contributed by atoms with Crippen LogP contribution >= 0.6 is 0 Å². The van der Waals surface area contributed by atoms with Crippen LogP contribution in [0.4, 0.5) is 8.78 Å². The topological polar surface area (TPSA) is 65.1 Å². The molecule has 2 aromatic carbocycles. The average Bonchev–Trinajstić information content (AvgIpc) is 2.67. The van der Waals surface area contributed by atoms with Crippen LogP contribution in [-0.4, -0.2) is 44.2 Å². The number of carbonyl (C=O) groups excluding carboxylic acids is 2. The molecule has 0 heterocycles. The van der Waals surface area contributed by atoms with E-state index in [9.17, 15) is 18.4 Å². The summed E-state index contributed by atoms with van der Waals surface area (Å²) in [5.74, 6) is -1.40. The Morgan fingerprint density at radius 1 is 1.07 bits per heavy atom. The standard InChI is InChI=1S/C21H23F2NO5/c1-13-5-6-16(14(2)9-13)11-24(3)19(25)12-28-20(26)15-7-8-17(29-21(22)23)18(10-15)27-4/h5-10,21H,11-12H2,1-4H3. The Morgan fingerprint density at radius 3 is 2.41 bits per heavy atom. The van der Waals surface area contributed by atoms with E-state index in [1.807, 2.05) is 32.0 Å². The van der Waals surface area contributed by atoms with Gasteiger partial charge in [0.2, 0.25) is 0 Å². The molecule has 2 aromatic rings. The van der Waals surface area contributed by atoms with Crippen molar-refractivity contribution in [1.82, 2.24) is 4.90 Å². The zero-order valence-electron chi connectivity index (χ0n) is 16.7. The predicted molar refractivity (Wildman–Crippen MR) is 102 cm³/mol. The molecule has 8 heteroatoms. The number of ether oxygens (including phenoxy) is 3. The Hall–Kier alpha value is -3.16. The van der Waals surface area contributed by atoms with Gasteiger partial charge in [0, 0.05) is 13.6 Å². The van der Waals surface area contributed by atoms with Crippen molar-refractivity contribution in [3.63, 3.8) is 0 Å². The summed E-state index contributed by atoms with van der Waals surface area (Å²) in [4.78, 5) is 25.9. The summed E-state index contributed by atoms with van der Waals surface area (Å²) in [5.41, 5.74) is 3.25. The Bertz CT molecular complexity index is 885. The van der Waals surface area contributed by atoms with Crippen molar-refractivity contribution in [2.45, 2.75) is 27.0 Å². The lowest BCUT2D eigenvalue weighted by atomic mass is 10.1. The molecule has 0 saturated heterocycles. The number of hydrogen-bond acceptors (Lipinski definition) is 5. The largest absolute Gasteiger partial charge is 0.493 e. The summed E-state index contributed by atoms with van der Waals surface area (Å²) in [6.45, 7) is 0.877. The van der Waals surface area contributed by atoms with Gasteiger partial charge in [-0.1, -0.05) is 23.8 Å². The van der Waals surface area contributed by atoms with Crippen LogP contribution in [0.5, 0.6) is 11.5 Å². The quantitative estimate of drug-likeness (QED) is 0.624. The Labute approximate surface area is 168 Å². The number of halogens is 2. The fraction of sp³-hybridized carbons (Fsp3) is 0.333. The summed E-state index contributed by atoms with van der Waals surface area (Å²) in [6, 6.07) is 9.60. The number of rotatable bonds is 8. The minimum atomic E-state index is -3.02. The van der Waals surface area contributed by atoms with E-state index in [0.29, 0.717) is 6.54 Å². The molecule has 0 radical (unpaired) electrons. The van der Waals surface area contributed by atoms with Crippen molar-refractivity contribution >= 4 is 11.9 Å². The number of hydrogen-bond donors (Lipinski definition) is 0. The summed E-state index contributed by atoms with van der Waals surface area (Å²) in [5, 5.41) is 0. The second kappa shape index (κ2) is 9.86. The summed E-state index contributed by atoms with van der Waals surface area (Å²) in [7, 11) is 2.88. The summed E-state index contributed by atoms with van der Waals surface area (Å²) < 4.78 is 39.0. The number of aryl methyl sites for hydroxylation is 2. The van der Waals surface area contributed by atoms with Gasteiger partial charge in [-0.3, -0.25) is 4.79 Å². The zero-order chi connectivity index (χ0) is 21.6. The highest BCUT2D eigenvalue weighted by Crippen LogP contribution is 2.29. The van der Waals surface area contributed by atoms with Crippen molar-refractivity contribution in [1.29, 1.82) is 0 Å². The number of carbonyl (C=O) groups is 2. The van der Waals surface area contributed by atoms with Crippen LogP contribution in [0.25, 0.3) is 0 Å². The molecule has 0 bridgehead atoms. The van der Waals surface area contributed by atoms with E-state index in [4.69, 9.17) is 9.47 Å². The molecule has 156 valence electrons. The summed E-state index contributed by atoms with van der Waals surface area (Å²) >= 11 is 0. The maximum absolute atomic E-state index is 12.4. The number of amides is 1. The summed E-state index contributed by atoms with van der Waals surface area (Å²) in [6.07, 6.45) is 0. The molecule has 0 spiro atoms. The highest BCUT2D eigenvalue weighted by atomic mass is 19.3. The maximum Gasteiger partial charge on any atom is 0.387 e. The number of likely N-dealkylation sites (N-methyl/N-ethyl adjacent to an activating group) is 1. The van der Waals surface area contributed by atoms with Crippen LogP contribution in [0.15, 0.2) is 36.4 Å². The minimum Gasteiger partial charge on any atom is -0.493 e. The average molecular weight is 407 g/mol. The van der Waals surface area contributed by atoms with Crippen LogP contribution in [0.1, 0.15) is 27.0 Å². The molecule has 0 aliphatic heterocycles. The van der Waals surface area contributed by atoms with Gasteiger partial charge in [0.15, 0.2) is 18.1 Å². The molecule has 0 aliphatic carbocycles. The van der Waals surface area contributed by atoms with Crippen LogP contribution in [0.3, 0.4) is 0 Å². The molecule has 0 fully saturated rings. The molecule has 0 saturated carbocycles. The van der Waals surface area contributed by atoms with Gasteiger partial charge in [0.25, 0.3) is 5.91 Å². The number of nitrogens with zero attached hydrogens (tertiary/aromatic N) is 1. The number of methoxy groups -OCH3 is 1. The SMILES string of the molecule is COc1cc(C(=O)OCC(=O)N(C)Cc2ccc(C)cc2C)ccc1OC(F)F. The molecule has 6 nitrogen and oxygen atoms in total. The van der Waals surface area contributed by atoms with Gasteiger partial charge >= 0.3 is 12.6 Å². The number of alkyl halides is 2. The third-order valence-electron chi connectivity index (χ3n) is 4.27. The predicted octanol–water partition coefficient (Wildman–Crippen LogP) is 3.73. The zero-order valence-corrected chi connectivity index (χ0v) is 16.7. The van der Waals surface area contributed by atoms with Crippen LogP contribution in [0.2, 0.25) is 0 Å². The smallest absolute Gasteiger partial charge is 0.387 e. The Balaban J connectivity index is 1.96. The first-order chi connectivity index (χ1) is 13.7. The van der Waals surface area contributed by atoms with Crippen LogP contribution in [0, 0.1) is 13.8 Å². The van der Waals surface area contributed by atoms with Crippen molar-refractivity contribution < 1.29 is 32.6 Å². The maximum atomic E-state index is 12.4. The van der Waals surface area contributed by atoms with Gasteiger partial charge in [-0.05, 0) is 43.2 Å². The van der Waals surface area contributed by atoms with Crippen molar-refractivity contribution in [2.75, 3.05) is 20.8 Å². The molecule has 0 aromatic heterocycles. The molecular formula is C21H23F2NO5. The minimum absolute atomic E-state index is 0.0435. The van der Waals surface area contributed by atoms with Gasteiger partial charge in [0.1, 0.15) is 0 Å². The van der Waals surface area contributed by atoms with E-state index >= 15 is 0 Å². The van der Waals surface area contributed by atoms with Gasteiger partial charge in [0.05, 0.1) is 12.7 Å². The molecular weight excluding hydrogens is 384 g/mol. The first-order valence-corrected chi connectivity index (χ1v) is 8.81. The Kier molecular flexibility index (Phi) is 7.52. The second-order valence-corrected chi connectivity index (χ2v) is 6.50. The van der Waals surface area contributed by atoms with Gasteiger partial charge in [-0.25, -0.2) is 4.79 Å². The van der Waals surface area contributed by atoms with E-state index in [1.54, 1.807) is 7.05 Å². The lowest BCUT2D eigenvalue weighted by molar-refractivity contribution is -0.133. The van der Waals surface area contributed by atoms with Crippen molar-refractivity contribution in [3.8, 4) is 11.5 Å². The fourth-order valence-corrected chi connectivity index (χ4v) is 2.68. The third-order valence-corrected chi connectivity index (χ3v) is 4.27. The number of esters is 1. The molecule has 0 unspecified atom stereocenters. The van der Waals surface area contributed by atoms with Crippen LogP contribution < -0.4 is 9.47 Å². The van der Waals surface area contributed by atoms with E-state index < -0.39 is 19.2 Å². The molecule has 29 heavy (non-hydrogen) atoms.